The zero-order valence-electron chi connectivity index (χ0n) is 11.8. The van der Waals surface area contributed by atoms with E-state index in [-0.39, 0.29) is 4.75 Å². The first-order valence-electron chi connectivity index (χ1n) is 6.65. The van der Waals surface area contributed by atoms with Crippen LogP contribution in [0.4, 0.5) is 11.5 Å². The lowest BCUT2D eigenvalue weighted by atomic mass is 10.2. The molecule has 2 heterocycles. The molecule has 0 saturated carbocycles. The van der Waals surface area contributed by atoms with E-state index in [9.17, 15) is 0 Å². The van der Waals surface area contributed by atoms with Crippen LogP contribution < -0.4 is 15.4 Å². The monoisotopic (exact) mass is 282 g/mol. The van der Waals surface area contributed by atoms with Gasteiger partial charge in [0.2, 0.25) is 5.88 Å². The van der Waals surface area contributed by atoms with Gasteiger partial charge in [-0.05, 0) is 20.3 Å². The van der Waals surface area contributed by atoms with Gasteiger partial charge in [0, 0.05) is 23.6 Å². The predicted octanol–water partition coefficient (Wildman–Crippen LogP) is 2.18. The van der Waals surface area contributed by atoms with Crippen LogP contribution in [0.15, 0.2) is 6.33 Å². The molecule has 1 aromatic rings. The Morgan fingerprint density at radius 1 is 1.47 bits per heavy atom. The second-order valence-electron chi connectivity index (χ2n) is 5.29. The van der Waals surface area contributed by atoms with Crippen molar-refractivity contribution in [3.05, 3.63) is 6.33 Å². The number of nitrogen functional groups attached to an aromatic ring is 1. The molecule has 0 spiro atoms. The minimum atomic E-state index is 0.222. The Kier molecular flexibility index (Phi) is 4.39. The molecule has 0 atom stereocenters. The third-order valence-corrected chi connectivity index (χ3v) is 4.29. The van der Waals surface area contributed by atoms with Gasteiger partial charge in [0.05, 0.1) is 6.61 Å². The van der Waals surface area contributed by atoms with Crippen molar-refractivity contribution < 1.29 is 4.74 Å². The minimum absolute atomic E-state index is 0.222. The van der Waals surface area contributed by atoms with E-state index >= 15 is 0 Å². The molecule has 0 aromatic carbocycles. The van der Waals surface area contributed by atoms with E-state index in [1.54, 1.807) is 0 Å². The number of nitrogens with two attached hydrogens (primary N) is 1. The summed E-state index contributed by atoms with van der Waals surface area (Å²) in [5.41, 5.74) is 6.70. The van der Waals surface area contributed by atoms with E-state index in [1.807, 2.05) is 11.8 Å². The van der Waals surface area contributed by atoms with Crippen molar-refractivity contribution >= 4 is 23.3 Å². The average molecular weight is 282 g/mol. The molecule has 5 nitrogen and oxygen atoms in total. The number of hydrogen-bond acceptors (Lipinski definition) is 6. The summed E-state index contributed by atoms with van der Waals surface area (Å²) in [5, 5.41) is 0. The molecule has 0 aliphatic carbocycles. The Bertz CT molecular complexity index is 439. The van der Waals surface area contributed by atoms with Crippen LogP contribution in [0.3, 0.4) is 0 Å². The molecule has 2 N–H and O–H groups in total. The average Bonchev–Trinajstić information content (AvgIpc) is 2.36. The Balaban J connectivity index is 2.19. The van der Waals surface area contributed by atoms with Crippen LogP contribution >= 0.6 is 11.8 Å². The summed E-state index contributed by atoms with van der Waals surface area (Å²) in [6.45, 7) is 9.07. The van der Waals surface area contributed by atoms with Crippen LogP contribution in [0.2, 0.25) is 0 Å². The second kappa shape index (κ2) is 5.86. The molecule has 1 aromatic heterocycles. The molecule has 0 radical (unpaired) electrons. The first-order valence-corrected chi connectivity index (χ1v) is 7.64. The molecular formula is C13H22N4OS. The van der Waals surface area contributed by atoms with Crippen LogP contribution in [0.1, 0.15) is 27.2 Å². The molecule has 106 valence electrons. The number of nitrogens with zero attached hydrogens (tertiary/aromatic N) is 3. The summed E-state index contributed by atoms with van der Waals surface area (Å²) < 4.78 is 5.78. The Morgan fingerprint density at radius 3 is 2.95 bits per heavy atom. The van der Waals surface area contributed by atoms with E-state index in [4.69, 9.17) is 10.5 Å². The number of hydrogen-bond donors (Lipinski definition) is 1. The summed E-state index contributed by atoms with van der Waals surface area (Å²) in [6, 6.07) is 0. The number of anilines is 2. The SMILES string of the molecule is CCCOc1ncnc(N2CCSC(C)(C)C2)c1N. The van der Waals surface area contributed by atoms with Gasteiger partial charge < -0.3 is 15.4 Å². The fourth-order valence-electron chi connectivity index (χ4n) is 2.13. The molecule has 1 aliphatic heterocycles. The van der Waals surface area contributed by atoms with Crippen LogP contribution in [-0.2, 0) is 0 Å². The van der Waals surface area contributed by atoms with Crippen molar-refractivity contribution in [1.82, 2.24) is 9.97 Å². The molecule has 1 fully saturated rings. The second-order valence-corrected chi connectivity index (χ2v) is 7.10. The lowest BCUT2D eigenvalue weighted by Gasteiger charge is -2.38. The topological polar surface area (TPSA) is 64.3 Å². The van der Waals surface area contributed by atoms with Crippen molar-refractivity contribution in [3.63, 3.8) is 0 Å². The first kappa shape index (κ1) is 14.2. The maximum atomic E-state index is 6.15. The summed E-state index contributed by atoms with van der Waals surface area (Å²) in [6.07, 6.45) is 2.47. The lowest BCUT2D eigenvalue weighted by molar-refractivity contribution is 0.306. The first-order chi connectivity index (χ1) is 9.03. The van der Waals surface area contributed by atoms with Gasteiger partial charge in [-0.1, -0.05) is 6.92 Å². The van der Waals surface area contributed by atoms with Gasteiger partial charge in [-0.3, -0.25) is 0 Å². The fraction of sp³-hybridized carbons (Fsp3) is 0.692. The van der Waals surface area contributed by atoms with E-state index in [0.29, 0.717) is 18.2 Å². The summed E-state index contributed by atoms with van der Waals surface area (Å²) >= 11 is 1.99. The maximum Gasteiger partial charge on any atom is 0.242 e. The highest BCUT2D eigenvalue weighted by atomic mass is 32.2. The molecule has 1 saturated heterocycles. The third kappa shape index (κ3) is 3.43. The Hall–Kier alpha value is -1.17. The number of aromatic nitrogens is 2. The van der Waals surface area contributed by atoms with E-state index in [2.05, 4.69) is 35.6 Å². The van der Waals surface area contributed by atoms with Crippen molar-refractivity contribution in [2.24, 2.45) is 0 Å². The maximum absolute atomic E-state index is 6.15. The van der Waals surface area contributed by atoms with Gasteiger partial charge in [0.1, 0.15) is 12.0 Å². The molecule has 2 rings (SSSR count). The van der Waals surface area contributed by atoms with Gasteiger partial charge in [0.25, 0.3) is 0 Å². The van der Waals surface area contributed by atoms with E-state index < -0.39 is 0 Å². The standard InChI is InChI=1S/C13H22N4OS/c1-4-6-18-12-10(14)11(15-9-16-12)17-5-7-19-13(2,3)8-17/h9H,4-8,14H2,1-3H3. The number of ether oxygens (including phenoxy) is 1. The zero-order valence-corrected chi connectivity index (χ0v) is 12.7. The van der Waals surface area contributed by atoms with Gasteiger partial charge >= 0.3 is 0 Å². The largest absolute Gasteiger partial charge is 0.476 e. The third-order valence-electron chi connectivity index (χ3n) is 2.99. The van der Waals surface area contributed by atoms with Crippen LogP contribution in [0, 0.1) is 0 Å². The smallest absolute Gasteiger partial charge is 0.242 e. The predicted molar refractivity (Wildman–Crippen MR) is 81.0 cm³/mol. The molecule has 6 heteroatoms. The molecule has 19 heavy (non-hydrogen) atoms. The fourth-order valence-corrected chi connectivity index (χ4v) is 3.25. The van der Waals surface area contributed by atoms with Crippen LogP contribution in [0.25, 0.3) is 0 Å². The summed E-state index contributed by atoms with van der Waals surface area (Å²) in [7, 11) is 0. The Labute approximate surface area is 118 Å². The van der Waals surface area contributed by atoms with Crippen molar-refractivity contribution in [1.29, 1.82) is 0 Å². The molecule has 0 bridgehead atoms. The highest BCUT2D eigenvalue weighted by Crippen LogP contribution is 2.35. The van der Waals surface area contributed by atoms with Gasteiger partial charge in [-0.25, -0.2) is 4.98 Å². The number of rotatable bonds is 4. The van der Waals surface area contributed by atoms with Gasteiger partial charge in [-0.15, -0.1) is 0 Å². The summed E-state index contributed by atoms with van der Waals surface area (Å²) in [5.74, 6) is 2.39. The highest BCUT2D eigenvalue weighted by Gasteiger charge is 2.29. The van der Waals surface area contributed by atoms with Crippen LogP contribution in [0.5, 0.6) is 5.88 Å². The number of thioether (sulfide) groups is 1. The van der Waals surface area contributed by atoms with Gasteiger partial charge in [0.15, 0.2) is 5.82 Å². The lowest BCUT2D eigenvalue weighted by Crippen LogP contribution is -2.43. The molecule has 1 aliphatic rings. The van der Waals surface area contributed by atoms with Crippen LogP contribution in [-0.4, -0.2) is 40.2 Å². The van der Waals surface area contributed by atoms with Crippen molar-refractivity contribution in [2.45, 2.75) is 31.9 Å². The van der Waals surface area contributed by atoms with Crippen molar-refractivity contribution in [2.75, 3.05) is 36.1 Å². The molecule has 0 amide bonds. The van der Waals surface area contributed by atoms with Gasteiger partial charge in [-0.2, -0.15) is 16.7 Å². The molecular weight excluding hydrogens is 260 g/mol. The van der Waals surface area contributed by atoms with E-state index in [0.717, 1.165) is 31.1 Å². The highest BCUT2D eigenvalue weighted by molar-refractivity contribution is 8.00. The zero-order chi connectivity index (χ0) is 13.9. The quantitative estimate of drug-likeness (QED) is 0.913. The van der Waals surface area contributed by atoms with E-state index in [1.165, 1.54) is 6.33 Å². The van der Waals surface area contributed by atoms with Crippen molar-refractivity contribution in [3.8, 4) is 5.88 Å². The minimum Gasteiger partial charge on any atom is -0.476 e. The Morgan fingerprint density at radius 2 is 2.26 bits per heavy atom. The normalized spacial score (nSPS) is 18.4. The summed E-state index contributed by atoms with van der Waals surface area (Å²) in [4.78, 5) is 10.7. The molecule has 0 unspecified atom stereocenters.